The van der Waals surface area contributed by atoms with Gasteiger partial charge in [-0.3, -0.25) is 4.79 Å². The van der Waals surface area contributed by atoms with Crippen LogP contribution in [-0.4, -0.2) is 23.4 Å². The van der Waals surface area contributed by atoms with E-state index in [0.29, 0.717) is 11.6 Å². The highest BCUT2D eigenvalue weighted by Crippen LogP contribution is 2.16. The zero-order valence-corrected chi connectivity index (χ0v) is 9.07. The lowest BCUT2D eigenvalue weighted by molar-refractivity contribution is -0.129. The van der Waals surface area contributed by atoms with Gasteiger partial charge in [-0.15, -0.1) is 0 Å². The number of amides is 1. The third kappa shape index (κ3) is 2.30. The number of carbonyl (C=O) groups is 1. The second kappa shape index (κ2) is 4.21. The molecule has 1 unspecified atom stereocenters. The first-order chi connectivity index (χ1) is 7.16. The fourth-order valence-electron chi connectivity index (χ4n) is 1.78. The number of nitrogens with two attached hydrogens (primary N) is 1. The monoisotopic (exact) mass is 224 g/mol. The minimum atomic E-state index is -0.316. The van der Waals surface area contributed by atoms with E-state index in [-0.39, 0.29) is 11.9 Å². The number of hydrogen-bond donors (Lipinski definition) is 1. The highest BCUT2D eigenvalue weighted by atomic mass is 35.5. The molecule has 1 aromatic carbocycles. The maximum Gasteiger partial charge on any atom is 0.239 e. The largest absolute Gasteiger partial charge is 0.337 e. The Morgan fingerprint density at radius 1 is 1.53 bits per heavy atom. The Bertz CT molecular complexity index is 381. The van der Waals surface area contributed by atoms with Crippen LogP contribution < -0.4 is 5.73 Å². The highest BCUT2D eigenvalue weighted by Gasteiger charge is 2.28. The average Bonchev–Trinajstić information content (AvgIpc) is 2.50. The quantitative estimate of drug-likeness (QED) is 0.826. The van der Waals surface area contributed by atoms with Crippen LogP contribution in [0.3, 0.4) is 0 Å². The number of carbonyl (C=O) groups excluding carboxylic acids is 1. The van der Waals surface area contributed by atoms with Crippen LogP contribution >= 0.6 is 11.6 Å². The van der Waals surface area contributed by atoms with Crippen LogP contribution in [0.4, 0.5) is 0 Å². The summed E-state index contributed by atoms with van der Waals surface area (Å²) in [7, 11) is 0. The van der Waals surface area contributed by atoms with E-state index < -0.39 is 0 Å². The summed E-state index contributed by atoms with van der Waals surface area (Å²) in [5.74, 6) is 0.0370. The molecule has 3 nitrogen and oxygen atoms in total. The molecule has 1 aliphatic rings. The predicted octanol–water partition coefficient (Wildman–Crippen LogP) is 1.40. The van der Waals surface area contributed by atoms with Crippen molar-refractivity contribution >= 4 is 17.5 Å². The van der Waals surface area contributed by atoms with Gasteiger partial charge in [-0.2, -0.15) is 0 Å². The summed E-state index contributed by atoms with van der Waals surface area (Å²) >= 11 is 5.87. The van der Waals surface area contributed by atoms with Gasteiger partial charge in [-0.25, -0.2) is 0 Å². The fourth-order valence-corrected chi connectivity index (χ4v) is 1.99. The van der Waals surface area contributed by atoms with Gasteiger partial charge in [0.25, 0.3) is 0 Å². The summed E-state index contributed by atoms with van der Waals surface area (Å²) in [6.45, 7) is 1.35. The van der Waals surface area contributed by atoms with Gasteiger partial charge in [0.2, 0.25) is 5.91 Å². The van der Waals surface area contributed by atoms with E-state index in [1.807, 2.05) is 24.3 Å². The molecule has 4 heteroatoms. The molecule has 2 N–H and O–H groups in total. The topological polar surface area (TPSA) is 46.3 Å². The normalized spacial score (nSPS) is 21.1. The molecule has 0 radical (unpaired) electrons. The van der Waals surface area contributed by atoms with Gasteiger partial charge in [0, 0.05) is 18.1 Å². The summed E-state index contributed by atoms with van der Waals surface area (Å²) in [6, 6.07) is 7.23. The molecule has 1 fully saturated rings. The smallest absolute Gasteiger partial charge is 0.239 e. The van der Waals surface area contributed by atoms with Gasteiger partial charge in [0.15, 0.2) is 0 Å². The van der Waals surface area contributed by atoms with Crippen molar-refractivity contribution in [2.24, 2.45) is 5.73 Å². The van der Waals surface area contributed by atoms with Crippen molar-refractivity contribution in [3.05, 3.63) is 34.9 Å². The van der Waals surface area contributed by atoms with E-state index in [2.05, 4.69) is 0 Å². The van der Waals surface area contributed by atoms with E-state index in [4.69, 9.17) is 17.3 Å². The summed E-state index contributed by atoms with van der Waals surface area (Å²) in [5.41, 5.74) is 6.68. The van der Waals surface area contributed by atoms with E-state index >= 15 is 0 Å². The molecule has 0 bridgehead atoms. The van der Waals surface area contributed by atoms with Crippen LogP contribution in [0.25, 0.3) is 0 Å². The van der Waals surface area contributed by atoms with Crippen molar-refractivity contribution in [3.8, 4) is 0 Å². The van der Waals surface area contributed by atoms with Gasteiger partial charge in [-0.1, -0.05) is 23.7 Å². The van der Waals surface area contributed by atoms with E-state index in [0.717, 1.165) is 18.5 Å². The molecule has 15 heavy (non-hydrogen) atoms. The van der Waals surface area contributed by atoms with Gasteiger partial charge < -0.3 is 10.6 Å². The lowest BCUT2D eigenvalue weighted by atomic mass is 10.2. The second-order valence-corrected chi connectivity index (χ2v) is 4.22. The Hall–Kier alpha value is -1.06. The fraction of sp³-hybridized carbons (Fsp3) is 0.364. The maximum atomic E-state index is 11.6. The minimum Gasteiger partial charge on any atom is -0.337 e. The molecule has 0 spiro atoms. The summed E-state index contributed by atoms with van der Waals surface area (Å²) in [4.78, 5) is 13.3. The van der Waals surface area contributed by atoms with Gasteiger partial charge in [-0.05, 0) is 24.1 Å². The molecule has 80 valence electrons. The van der Waals surface area contributed by atoms with Crippen molar-refractivity contribution < 1.29 is 4.79 Å². The Morgan fingerprint density at radius 2 is 2.33 bits per heavy atom. The molecule has 2 rings (SSSR count). The summed E-state index contributed by atoms with van der Waals surface area (Å²) in [6.07, 6.45) is 0.749. The van der Waals surface area contributed by atoms with Crippen LogP contribution in [-0.2, 0) is 11.3 Å². The van der Waals surface area contributed by atoms with Gasteiger partial charge in [0.1, 0.15) is 0 Å². The third-order valence-corrected chi connectivity index (χ3v) is 2.84. The van der Waals surface area contributed by atoms with Crippen molar-refractivity contribution in [1.82, 2.24) is 4.90 Å². The average molecular weight is 225 g/mol. The molecular formula is C11H13ClN2O. The Balaban J connectivity index is 2.06. The molecule has 0 saturated carbocycles. The van der Waals surface area contributed by atoms with Crippen LogP contribution in [0.15, 0.2) is 24.3 Å². The van der Waals surface area contributed by atoms with Crippen LogP contribution in [0, 0.1) is 0 Å². The Labute approximate surface area is 93.8 Å². The molecule has 1 atom stereocenters. The molecule has 1 amide bonds. The maximum absolute atomic E-state index is 11.6. The molecule has 1 saturated heterocycles. The molecule has 1 heterocycles. The zero-order valence-electron chi connectivity index (χ0n) is 8.32. The van der Waals surface area contributed by atoms with Crippen molar-refractivity contribution in [3.63, 3.8) is 0 Å². The summed E-state index contributed by atoms with van der Waals surface area (Å²) in [5, 5.41) is 0.698. The number of halogens is 1. The summed E-state index contributed by atoms with van der Waals surface area (Å²) < 4.78 is 0. The molecule has 0 aliphatic carbocycles. The first-order valence-corrected chi connectivity index (χ1v) is 5.33. The Morgan fingerprint density at radius 3 is 2.93 bits per heavy atom. The van der Waals surface area contributed by atoms with E-state index in [9.17, 15) is 4.79 Å². The Kier molecular flexibility index (Phi) is 2.93. The molecular weight excluding hydrogens is 212 g/mol. The van der Waals surface area contributed by atoms with Crippen LogP contribution in [0.1, 0.15) is 12.0 Å². The van der Waals surface area contributed by atoms with Crippen molar-refractivity contribution in [2.75, 3.05) is 6.54 Å². The first-order valence-electron chi connectivity index (χ1n) is 4.95. The third-order valence-electron chi connectivity index (χ3n) is 2.60. The number of benzene rings is 1. The lowest BCUT2D eigenvalue weighted by Gasteiger charge is -2.15. The number of nitrogens with zero attached hydrogens (tertiary/aromatic N) is 1. The first kappa shape index (κ1) is 10.5. The van der Waals surface area contributed by atoms with Crippen molar-refractivity contribution in [2.45, 2.75) is 19.0 Å². The standard InChI is InChI=1S/C11H13ClN2O/c12-9-3-1-2-8(6-9)7-14-5-4-10(13)11(14)15/h1-3,6,10H,4-5,7,13H2. The molecule has 0 aromatic heterocycles. The van der Waals surface area contributed by atoms with Crippen molar-refractivity contribution in [1.29, 1.82) is 0 Å². The number of likely N-dealkylation sites (tertiary alicyclic amines) is 1. The minimum absolute atomic E-state index is 0.0370. The zero-order chi connectivity index (χ0) is 10.8. The predicted molar refractivity (Wildman–Crippen MR) is 59.5 cm³/mol. The van der Waals surface area contributed by atoms with Crippen LogP contribution in [0.2, 0.25) is 5.02 Å². The lowest BCUT2D eigenvalue weighted by Crippen LogP contribution is -2.33. The van der Waals surface area contributed by atoms with Gasteiger partial charge >= 0.3 is 0 Å². The van der Waals surface area contributed by atoms with E-state index in [1.165, 1.54) is 0 Å². The SMILES string of the molecule is NC1CCN(Cc2cccc(Cl)c2)C1=O. The number of rotatable bonds is 2. The molecule has 1 aromatic rings. The second-order valence-electron chi connectivity index (χ2n) is 3.78. The highest BCUT2D eigenvalue weighted by molar-refractivity contribution is 6.30. The van der Waals surface area contributed by atoms with Crippen LogP contribution in [0.5, 0.6) is 0 Å². The van der Waals surface area contributed by atoms with E-state index in [1.54, 1.807) is 4.90 Å². The molecule has 1 aliphatic heterocycles. The number of hydrogen-bond acceptors (Lipinski definition) is 2. The van der Waals surface area contributed by atoms with Gasteiger partial charge in [0.05, 0.1) is 6.04 Å².